The third-order valence-corrected chi connectivity index (χ3v) is 25.2. The van der Waals surface area contributed by atoms with Crippen molar-refractivity contribution in [1.82, 2.24) is 28.2 Å². The molecule has 0 aliphatic carbocycles. The minimum Gasteiger partial charge on any atom is -0.309 e. The average Bonchev–Trinajstić information content (AvgIpc) is 1.49. The lowest BCUT2D eigenvalue weighted by Crippen LogP contribution is -2.00. The number of pyridine rings is 2. The number of nitrogens with zero attached hydrogens (tertiary/aromatic N) is 6. The van der Waals surface area contributed by atoms with Gasteiger partial charge in [0.15, 0.2) is 0 Å². The van der Waals surface area contributed by atoms with Crippen LogP contribution in [0.1, 0.15) is 0 Å². The van der Waals surface area contributed by atoms with E-state index in [9.17, 15) is 0 Å². The lowest BCUT2D eigenvalue weighted by atomic mass is 9.91. The predicted molar refractivity (Wildman–Crippen MR) is 522 cm³/mol. The van der Waals surface area contributed by atoms with Gasteiger partial charge in [-0.15, -0.1) is 0 Å². The van der Waals surface area contributed by atoms with Crippen LogP contribution in [0, 0.1) is 0 Å². The van der Waals surface area contributed by atoms with Gasteiger partial charge < -0.3 is 13.7 Å². The van der Waals surface area contributed by atoms with E-state index in [2.05, 4.69) is 479 Å². The lowest BCUT2D eigenvalue weighted by Gasteiger charge is -2.14. The minimum atomic E-state index is 0.880. The van der Waals surface area contributed by atoms with Crippen LogP contribution in [0.5, 0.6) is 0 Å². The molecule has 0 atom stereocenters. The fourth-order valence-corrected chi connectivity index (χ4v) is 19.4. The van der Waals surface area contributed by atoms with Crippen molar-refractivity contribution in [2.75, 3.05) is 0 Å². The first kappa shape index (κ1) is 71.6. The summed E-state index contributed by atoms with van der Waals surface area (Å²) in [7, 11) is 0. The summed E-state index contributed by atoms with van der Waals surface area (Å²) in [6, 6.07) is 167. The van der Waals surface area contributed by atoms with Crippen molar-refractivity contribution >= 4 is 120 Å². The number of benzene rings is 19. The highest BCUT2D eigenvalue weighted by Gasteiger charge is 2.23. The van der Waals surface area contributed by atoms with Gasteiger partial charge in [-0.1, -0.05) is 309 Å². The van der Waals surface area contributed by atoms with Crippen LogP contribution >= 0.6 is 0 Å². The van der Waals surface area contributed by atoms with Gasteiger partial charge in [-0.3, -0.25) is 4.57 Å². The summed E-state index contributed by atoms with van der Waals surface area (Å²) in [5.74, 6) is 0.880. The standard InChI is InChI=1S/C65H41N3.C53H35N3/c1-3-16-42(17-4-1)48-40-60(47-19-15-18-43(36-47)44-30-33-54-52-24-8-7-22-50(52)51-23-9-10-25-53(51)57(54)37-44)66-65(41-48)68-62-29-14-12-27-56(62)59-39-46(32-35-64(59)68)45-31-34-63-58(38-45)55-26-11-13-28-61(55)67(63)49-20-5-2-6-21-49;1-3-14-36(15-4-1)37-16-11-17-40(32-37)48-24-13-25-49(54-48)41-18-12-21-43(33-41)56-51-27-10-8-23-45(51)47-35-39(29-31-53(47)56)38-28-30-52-46(34-38)44-22-7-9-26-50(44)55(52)42-19-5-2-6-20-42/h1-41H;1-35H. The van der Waals surface area contributed by atoms with Gasteiger partial charge in [0.2, 0.25) is 0 Å². The van der Waals surface area contributed by atoms with E-state index in [1.165, 1.54) is 153 Å². The molecule has 0 N–H and O–H groups in total. The Kier molecular flexibility index (Phi) is 17.2. The smallest absolute Gasteiger partial charge is 0.138 e. The van der Waals surface area contributed by atoms with Gasteiger partial charge in [-0.25, -0.2) is 9.97 Å². The first-order valence-electron chi connectivity index (χ1n) is 42.5. The Hall–Kier alpha value is -16.5. The largest absolute Gasteiger partial charge is 0.309 e. The van der Waals surface area contributed by atoms with Gasteiger partial charge in [0.05, 0.1) is 61.2 Å². The summed E-state index contributed by atoms with van der Waals surface area (Å²) in [6.07, 6.45) is 0. The fraction of sp³-hybridized carbons (Fsp3) is 0. The highest BCUT2D eigenvalue weighted by Crippen LogP contribution is 2.45. The third-order valence-electron chi connectivity index (χ3n) is 25.2. The summed E-state index contributed by atoms with van der Waals surface area (Å²) in [5.41, 5.74) is 30.7. The third kappa shape index (κ3) is 12.3. The van der Waals surface area contributed by atoms with Gasteiger partial charge in [0, 0.05) is 76.8 Å². The highest BCUT2D eigenvalue weighted by atomic mass is 15.1. The second-order valence-electron chi connectivity index (χ2n) is 32.3. The topological polar surface area (TPSA) is 45.5 Å². The van der Waals surface area contributed by atoms with Crippen molar-refractivity contribution < 1.29 is 0 Å². The molecule has 0 unspecified atom stereocenters. The molecule has 25 rings (SSSR count). The van der Waals surface area contributed by atoms with E-state index in [4.69, 9.17) is 9.97 Å². The number of aromatic nitrogens is 6. The van der Waals surface area contributed by atoms with E-state index in [1.807, 2.05) is 0 Å². The average molecular weight is 1580 g/mol. The van der Waals surface area contributed by atoms with Crippen LogP contribution in [0.2, 0.25) is 0 Å². The van der Waals surface area contributed by atoms with Crippen LogP contribution < -0.4 is 0 Å². The molecular weight excluding hydrogens is 1500 g/mol. The Morgan fingerprint density at radius 3 is 0.847 bits per heavy atom. The molecule has 0 bridgehead atoms. The van der Waals surface area contributed by atoms with E-state index >= 15 is 0 Å². The molecule has 6 heteroatoms. The van der Waals surface area contributed by atoms with Gasteiger partial charge >= 0.3 is 0 Å². The first-order chi connectivity index (χ1) is 61.5. The van der Waals surface area contributed by atoms with E-state index in [-0.39, 0.29) is 0 Å². The number of fused-ring (bicyclic) bond motifs is 18. The van der Waals surface area contributed by atoms with Crippen molar-refractivity contribution in [3.05, 3.63) is 461 Å². The lowest BCUT2D eigenvalue weighted by molar-refractivity contribution is 1.08. The molecule has 124 heavy (non-hydrogen) atoms. The van der Waals surface area contributed by atoms with Crippen molar-refractivity contribution in [1.29, 1.82) is 0 Å². The van der Waals surface area contributed by atoms with Crippen LogP contribution in [0.3, 0.4) is 0 Å². The van der Waals surface area contributed by atoms with Gasteiger partial charge in [0.1, 0.15) is 5.82 Å². The maximum absolute atomic E-state index is 5.56. The van der Waals surface area contributed by atoms with Crippen LogP contribution in [-0.2, 0) is 0 Å². The van der Waals surface area contributed by atoms with Crippen LogP contribution in [0.15, 0.2) is 461 Å². The molecule has 6 heterocycles. The zero-order valence-electron chi connectivity index (χ0n) is 67.6. The minimum absolute atomic E-state index is 0.880. The molecule has 0 amide bonds. The summed E-state index contributed by atoms with van der Waals surface area (Å²) in [6.45, 7) is 0. The van der Waals surface area contributed by atoms with Gasteiger partial charge in [-0.05, 0) is 240 Å². The first-order valence-corrected chi connectivity index (χ1v) is 42.5. The molecule has 0 saturated carbocycles. The van der Waals surface area contributed by atoms with Crippen molar-refractivity contribution in [3.63, 3.8) is 0 Å². The molecular formula is C118H76N6. The van der Waals surface area contributed by atoms with E-state index in [1.54, 1.807) is 0 Å². The maximum Gasteiger partial charge on any atom is 0.138 e. The Bertz CT molecular complexity index is 8510. The SMILES string of the molecule is c1ccc(-c2cc(-c3cccc(-c4ccc5c6ccccc6c6ccccc6c5c4)c3)nc(-n3c4ccccc4c4cc(-c5ccc6c(c5)c5ccccc5n6-c5ccccc5)ccc43)c2)cc1.c1ccc(-c2cccc(-c3cccc(-c4cccc(-n5c6ccccc6c6cc(-c7ccc8c(c7)c7ccccc7n8-c7ccccc7)ccc65)c4)n3)c2)cc1. The molecule has 0 radical (unpaired) electrons. The Balaban J connectivity index is 0.000000142. The highest BCUT2D eigenvalue weighted by molar-refractivity contribution is 6.26. The van der Waals surface area contributed by atoms with Gasteiger partial charge in [0.25, 0.3) is 0 Å². The van der Waals surface area contributed by atoms with E-state index < -0.39 is 0 Å². The molecule has 6 nitrogen and oxygen atoms in total. The van der Waals surface area contributed by atoms with E-state index in [0.29, 0.717) is 0 Å². The zero-order valence-corrected chi connectivity index (χ0v) is 67.6. The monoisotopic (exact) mass is 1580 g/mol. The molecule has 0 spiro atoms. The predicted octanol–water partition coefficient (Wildman–Crippen LogP) is 31.3. The molecule has 19 aromatic carbocycles. The van der Waals surface area contributed by atoms with E-state index in [0.717, 1.165) is 78.7 Å². The maximum atomic E-state index is 5.56. The Labute approximate surface area is 716 Å². The number of hydrogen-bond acceptors (Lipinski definition) is 2. The summed E-state index contributed by atoms with van der Waals surface area (Å²) in [5, 5.41) is 17.5. The zero-order chi connectivity index (χ0) is 81.7. The summed E-state index contributed by atoms with van der Waals surface area (Å²) in [4.78, 5) is 10.8. The molecule has 0 fully saturated rings. The number of hydrogen-bond donors (Lipinski definition) is 0. The summed E-state index contributed by atoms with van der Waals surface area (Å²) < 4.78 is 9.49. The molecule has 0 aliphatic heterocycles. The van der Waals surface area contributed by atoms with Gasteiger partial charge in [-0.2, -0.15) is 0 Å². The number of para-hydroxylation sites is 6. The second-order valence-corrected chi connectivity index (χ2v) is 32.3. The molecule has 6 aromatic heterocycles. The van der Waals surface area contributed by atoms with Crippen molar-refractivity contribution in [2.45, 2.75) is 0 Å². The van der Waals surface area contributed by atoms with Crippen LogP contribution in [0.25, 0.3) is 232 Å². The summed E-state index contributed by atoms with van der Waals surface area (Å²) >= 11 is 0. The molecule has 0 saturated heterocycles. The Morgan fingerprint density at radius 2 is 0.395 bits per heavy atom. The second kappa shape index (κ2) is 29.8. The Morgan fingerprint density at radius 1 is 0.121 bits per heavy atom. The molecule has 25 aromatic rings. The van der Waals surface area contributed by atoms with Crippen LogP contribution in [0.4, 0.5) is 0 Å². The van der Waals surface area contributed by atoms with Crippen molar-refractivity contribution in [2.24, 2.45) is 0 Å². The molecule has 578 valence electrons. The molecule has 0 aliphatic rings. The fourth-order valence-electron chi connectivity index (χ4n) is 19.4. The number of rotatable bonds is 12. The van der Waals surface area contributed by atoms with Crippen molar-refractivity contribution in [3.8, 4) is 112 Å². The quantitative estimate of drug-likeness (QED) is 0.114. The normalized spacial score (nSPS) is 11.7. The van der Waals surface area contributed by atoms with Crippen LogP contribution in [-0.4, -0.2) is 28.2 Å².